The zero-order valence-electron chi connectivity index (χ0n) is 17.7. The second-order valence-corrected chi connectivity index (χ2v) is 9.55. The second-order valence-electron chi connectivity index (χ2n) is 9.55. The van der Waals surface area contributed by atoms with Crippen molar-refractivity contribution in [3.8, 4) is 11.3 Å². The number of aromatic nitrogens is 2. The molecule has 0 aromatic carbocycles. The van der Waals surface area contributed by atoms with Gasteiger partial charge < -0.3 is 9.88 Å². The van der Waals surface area contributed by atoms with Crippen LogP contribution in [0.1, 0.15) is 81.5 Å². The van der Waals surface area contributed by atoms with E-state index in [9.17, 15) is 0 Å². The van der Waals surface area contributed by atoms with E-state index in [0.717, 1.165) is 23.8 Å². The van der Waals surface area contributed by atoms with Crippen molar-refractivity contribution in [3.05, 3.63) is 29.2 Å². The van der Waals surface area contributed by atoms with Gasteiger partial charge in [-0.05, 0) is 100 Å². The molecule has 0 unspecified atom stereocenters. The van der Waals surface area contributed by atoms with E-state index in [4.69, 9.17) is 4.98 Å². The molecule has 0 bridgehead atoms. The summed E-state index contributed by atoms with van der Waals surface area (Å²) in [6.45, 7) is 4.74. The summed E-state index contributed by atoms with van der Waals surface area (Å²) in [5, 5.41) is 0. The molecule has 1 fully saturated rings. The summed E-state index contributed by atoms with van der Waals surface area (Å²) in [4.78, 5) is 10.7. The van der Waals surface area contributed by atoms with Gasteiger partial charge in [0, 0.05) is 17.3 Å². The zero-order chi connectivity index (χ0) is 19.0. The number of hydrogen-bond acceptors (Lipinski definition) is 2. The maximum Gasteiger partial charge on any atom is 0.0928 e. The van der Waals surface area contributed by atoms with E-state index >= 15 is 0 Å². The summed E-state index contributed by atoms with van der Waals surface area (Å²) >= 11 is 0. The first-order chi connectivity index (χ1) is 13.1. The molecule has 2 atom stereocenters. The summed E-state index contributed by atoms with van der Waals surface area (Å²) in [6.07, 6.45) is 13.8. The number of hydrogen-bond donors (Lipinski definition) is 1. The Morgan fingerprint density at radius 1 is 1.19 bits per heavy atom. The molecular weight excluding hydrogens is 330 g/mol. The third kappa shape index (κ3) is 3.81. The Labute approximate surface area is 165 Å². The molecule has 4 aliphatic rings. The number of nitrogens with one attached hydrogen (secondary N) is 1. The quantitative estimate of drug-likeness (QED) is 0.716. The lowest BCUT2D eigenvalue weighted by Crippen LogP contribution is -2.32. The Morgan fingerprint density at radius 2 is 1.96 bits per heavy atom. The molecule has 0 aromatic rings. The van der Waals surface area contributed by atoms with Gasteiger partial charge in [-0.1, -0.05) is 20.3 Å². The van der Waals surface area contributed by atoms with Gasteiger partial charge >= 0.3 is 0 Å². The molecular formula is C24H37N3. The summed E-state index contributed by atoms with van der Waals surface area (Å²) in [5.74, 6) is 2.38. The van der Waals surface area contributed by atoms with Gasteiger partial charge in [0.15, 0.2) is 0 Å². The highest BCUT2D eigenvalue weighted by atomic mass is 15.1. The highest BCUT2D eigenvalue weighted by Crippen LogP contribution is 2.47. The van der Waals surface area contributed by atoms with Crippen molar-refractivity contribution in [1.29, 1.82) is 0 Å². The summed E-state index contributed by atoms with van der Waals surface area (Å²) in [7, 11) is 4.46. The van der Waals surface area contributed by atoms with Gasteiger partial charge in [0.1, 0.15) is 0 Å². The molecule has 3 nitrogen and oxygen atoms in total. The molecule has 0 aromatic heterocycles. The fourth-order valence-corrected chi connectivity index (χ4v) is 5.63. The van der Waals surface area contributed by atoms with Crippen LogP contribution < -0.4 is 0 Å². The maximum absolute atomic E-state index is 4.71. The van der Waals surface area contributed by atoms with E-state index in [1.165, 1.54) is 74.7 Å². The molecule has 3 aliphatic carbocycles. The topological polar surface area (TPSA) is 31.9 Å². The van der Waals surface area contributed by atoms with Crippen molar-refractivity contribution in [2.45, 2.75) is 83.6 Å². The standard InChI is InChI=1S/C24H37N3/c1-5-16(2)12-18-8-9-19-14-22-24(23(18)19)21(25-15-26-22)13-17-6-10-20(11-7-17)27(3)4/h14-18,20H,5-13H2,1-4H3,(H,25,26)/t16-,17?,18-,20?/m1/s1. The average Bonchev–Trinajstić information content (AvgIpc) is 3.22. The van der Waals surface area contributed by atoms with Crippen molar-refractivity contribution in [1.82, 2.24) is 14.9 Å². The molecule has 0 saturated heterocycles. The molecule has 0 amide bonds. The lowest BCUT2D eigenvalue weighted by atomic mass is 9.81. The fraction of sp³-hybridized carbons (Fsp3) is 0.708. The maximum atomic E-state index is 4.71. The van der Waals surface area contributed by atoms with Crippen LogP contribution in [0.2, 0.25) is 0 Å². The summed E-state index contributed by atoms with van der Waals surface area (Å²) < 4.78 is 0. The number of rotatable bonds is 6. The van der Waals surface area contributed by atoms with Gasteiger partial charge in [0.25, 0.3) is 0 Å². The molecule has 0 radical (unpaired) electrons. The Bertz CT molecular complexity index is 723. The third-order valence-corrected chi connectivity index (χ3v) is 7.52. The van der Waals surface area contributed by atoms with Gasteiger partial charge in [-0.2, -0.15) is 0 Å². The highest BCUT2D eigenvalue weighted by molar-refractivity contribution is 5.74. The first-order valence-corrected chi connectivity index (χ1v) is 11.2. The monoisotopic (exact) mass is 367 g/mol. The van der Waals surface area contributed by atoms with Crippen LogP contribution in [0, 0.1) is 11.8 Å². The van der Waals surface area contributed by atoms with Crippen LogP contribution in [-0.2, 0) is 12.8 Å². The Morgan fingerprint density at radius 3 is 2.67 bits per heavy atom. The Balaban J connectivity index is 1.56. The third-order valence-electron chi connectivity index (χ3n) is 7.52. The van der Waals surface area contributed by atoms with E-state index in [0.29, 0.717) is 0 Å². The normalized spacial score (nSPS) is 26.6. The molecule has 1 aliphatic heterocycles. The average molecular weight is 368 g/mol. The molecule has 1 heterocycles. The van der Waals surface area contributed by atoms with Crippen molar-refractivity contribution in [2.75, 3.05) is 14.1 Å². The van der Waals surface area contributed by atoms with Crippen molar-refractivity contribution in [2.24, 2.45) is 11.8 Å². The predicted molar refractivity (Wildman–Crippen MR) is 113 cm³/mol. The van der Waals surface area contributed by atoms with E-state index in [1.54, 1.807) is 11.1 Å². The number of nitrogens with zero attached hydrogens (tertiary/aromatic N) is 2. The van der Waals surface area contributed by atoms with Crippen LogP contribution in [-0.4, -0.2) is 35.0 Å². The fourth-order valence-electron chi connectivity index (χ4n) is 5.63. The van der Waals surface area contributed by atoms with Gasteiger partial charge in [0.2, 0.25) is 0 Å². The predicted octanol–water partition coefficient (Wildman–Crippen LogP) is 5.64. The molecule has 1 saturated carbocycles. The first kappa shape index (κ1) is 19.0. The molecule has 27 heavy (non-hydrogen) atoms. The minimum atomic E-state index is 0.744. The summed E-state index contributed by atoms with van der Waals surface area (Å²) in [6, 6.07) is 3.17. The zero-order valence-corrected chi connectivity index (χ0v) is 17.7. The minimum Gasteiger partial charge on any atom is -0.349 e. The second kappa shape index (κ2) is 7.95. The first-order valence-electron chi connectivity index (χ1n) is 11.2. The largest absolute Gasteiger partial charge is 0.349 e. The highest BCUT2D eigenvalue weighted by Gasteiger charge is 2.32. The van der Waals surface area contributed by atoms with E-state index < -0.39 is 0 Å². The van der Waals surface area contributed by atoms with Crippen molar-refractivity contribution in [3.63, 3.8) is 0 Å². The summed E-state index contributed by atoms with van der Waals surface area (Å²) in [5.41, 5.74) is 7.44. The molecule has 3 heteroatoms. The number of H-pyrrole nitrogens is 1. The van der Waals surface area contributed by atoms with Gasteiger partial charge in [0.05, 0.1) is 12.0 Å². The van der Waals surface area contributed by atoms with E-state index in [2.05, 4.69) is 43.9 Å². The smallest absolute Gasteiger partial charge is 0.0928 e. The van der Waals surface area contributed by atoms with Crippen molar-refractivity contribution < 1.29 is 0 Å². The van der Waals surface area contributed by atoms with E-state index in [-0.39, 0.29) is 0 Å². The van der Waals surface area contributed by atoms with Crippen LogP contribution in [0.4, 0.5) is 0 Å². The number of fused-ring (bicyclic) bond motifs is 3. The Hall–Kier alpha value is -1.35. The number of aryl methyl sites for hydroxylation is 1. The molecule has 1 N–H and O–H groups in total. The van der Waals surface area contributed by atoms with Gasteiger partial charge in [-0.15, -0.1) is 0 Å². The number of aromatic amines is 1. The van der Waals surface area contributed by atoms with Crippen LogP contribution in [0.3, 0.4) is 0 Å². The van der Waals surface area contributed by atoms with Crippen molar-refractivity contribution >= 4 is 0 Å². The van der Waals surface area contributed by atoms with Gasteiger partial charge in [-0.3, -0.25) is 0 Å². The lowest BCUT2D eigenvalue weighted by molar-refractivity contribution is 0.193. The SMILES string of the molecule is CC[C@@H](C)C[C@H]1CCc2cc3nc[nH]c(CC4CCC(N(C)C)CC4)c-3c21. The Kier molecular flexibility index (Phi) is 5.59. The minimum absolute atomic E-state index is 0.744. The van der Waals surface area contributed by atoms with Crippen LogP contribution in [0.15, 0.2) is 12.4 Å². The van der Waals surface area contributed by atoms with Crippen LogP contribution in [0.25, 0.3) is 11.3 Å². The molecule has 148 valence electrons. The lowest BCUT2D eigenvalue weighted by Gasteiger charge is -2.33. The van der Waals surface area contributed by atoms with Gasteiger partial charge in [-0.25, -0.2) is 4.98 Å². The van der Waals surface area contributed by atoms with E-state index in [1.807, 2.05) is 6.33 Å². The molecule has 4 rings (SSSR count). The van der Waals surface area contributed by atoms with Crippen LogP contribution >= 0.6 is 0 Å². The van der Waals surface area contributed by atoms with Crippen LogP contribution in [0.5, 0.6) is 0 Å². The molecule has 0 spiro atoms.